The van der Waals surface area contributed by atoms with E-state index in [0.717, 1.165) is 16.2 Å². The van der Waals surface area contributed by atoms with Crippen molar-refractivity contribution in [3.63, 3.8) is 0 Å². The molecule has 2 aromatic rings. The zero-order valence-corrected chi connectivity index (χ0v) is 12.6. The van der Waals surface area contributed by atoms with Gasteiger partial charge in [-0.1, -0.05) is 11.6 Å². The van der Waals surface area contributed by atoms with Crippen molar-refractivity contribution in [2.75, 3.05) is 6.26 Å². The number of rotatable bonds is 4. The van der Waals surface area contributed by atoms with Crippen LogP contribution in [0.1, 0.15) is 5.56 Å². The zero-order valence-electron chi connectivity index (χ0n) is 10.2. The Balaban J connectivity index is 2.05. The first-order valence-corrected chi connectivity index (χ1v) is 8.74. The van der Waals surface area contributed by atoms with Crippen LogP contribution in [0.25, 0.3) is 0 Å². The Morgan fingerprint density at radius 3 is 2.47 bits per heavy atom. The zero-order chi connectivity index (χ0) is 13.9. The summed E-state index contributed by atoms with van der Waals surface area (Å²) in [6.45, 7) is 0. The lowest BCUT2D eigenvalue weighted by atomic mass is 10.3. The molecule has 2 rings (SSSR count). The third-order valence-electron chi connectivity index (χ3n) is 2.45. The summed E-state index contributed by atoms with van der Waals surface area (Å²) < 4.78 is 22.7. The first-order chi connectivity index (χ1) is 8.95. The highest BCUT2D eigenvalue weighted by molar-refractivity contribution is 7.98. The van der Waals surface area contributed by atoms with Crippen LogP contribution in [0.4, 0.5) is 0 Å². The lowest BCUT2D eigenvalue weighted by Crippen LogP contribution is -1.95. The number of benzene rings is 1. The standard InChI is InChI=1S/C13H12ClNO2S2/c1-19(16,17)12-4-2-11(3-5-12)18-9-10-6-7-15-13(14)8-10/h2-8H,9H2,1H3. The van der Waals surface area contributed by atoms with Crippen LogP contribution in [-0.2, 0) is 15.6 Å². The van der Waals surface area contributed by atoms with E-state index in [0.29, 0.717) is 10.0 Å². The molecule has 0 unspecified atom stereocenters. The lowest BCUT2D eigenvalue weighted by molar-refractivity contribution is 0.602. The molecule has 0 aliphatic rings. The highest BCUT2D eigenvalue weighted by Gasteiger charge is 2.06. The van der Waals surface area contributed by atoms with Gasteiger partial charge in [-0.15, -0.1) is 11.8 Å². The Kier molecular flexibility index (Phi) is 4.50. The normalized spacial score (nSPS) is 11.5. The van der Waals surface area contributed by atoms with E-state index < -0.39 is 9.84 Å². The fourth-order valence-electron chi connectivity index (χ4n) is 1.48. The van der Waals surface area contributed by atoms with Crippen molar-refractivity contribution >= 4 is 33.2 Å². The van der Waals surface area contributed by atoms with Crippen LogP contribution in [0, 0.1) is 0 Å². The molecule has 0 saturated heterocycles. The smallest absolute Gasteiger partial charge is 0.175 e. The molecule has 100 valence electrons. The van der Waals surface area contributed by atoms with Crippen LogP contribution in [0.3, 0.4) is 0 Å². The van der Waals surface area contributed by atoms with Crippen LogP contribution >= 0.6 is 23.4 Å². The molecule has 0 amide bonds. The summed E-state index contributed by atoms with van der Waals surface area (Å²) in [5, 5.41) is 0.477. The highest BCUT2D eigenvalue weighted by Crippen LogP contribution is 2.24. The number of hydrogen-bond acceptors (Lipinski definition) is 4. The van der Waals surface area contributed by atoms with Crippen molar-refractivity contribution in [2.24, 2.45) is 0 Å². The van der Waals surface area contributed by atoms with Gasteiger partial charge < -0.3 is 0 Å². The van der Waals surface area contributed by atoms with Crippen LogP contribution in [-0.4, -0.2) is 19.7 Å². The molecule has 0 bridgehead atoms. The second-order valence-corrected chi connectivity index (χ2v) is 7.47. The molecule has 1 heterocycles. The van der Waals surface area contributed by atoms with Crippen molar-refractivity contribution in [1.82, 2.24) is 4.98 Å². The molecule has 0 N–H and O–H groups in total. The fraction of sp³-hybridized carbons (Fsp3) is 0.154. The Morgan fingerprint density at radius 2 is 1.89 bits per heavy atom. The number of pyridine rings is 1. The topological polar surface area (TPSA) is 47.0 Å². The highest BCUT2D eigenvalue weighted by atomic mass is 35.5. The maximum atomic E-state index is 11.3. The van der Waals surface area contributed by atoms with Crippen LogP contribution in [0.15, 0.2) is 52.4 Å². The van der Waals surface area contributed by atoms with E-state index in [2.05, 4.69) is 4.98 Å². The molecule has 3 nitrogen and oxygen atoms in total. The Hall–Kier alpha value is -1.04. The molecule has 1 aromatic heterocycles. The van der Waals surface area contributed by atoms with Crippen molar-refractivity contribution in [1.29, 1.82) is 0 Å². The largest absolute Gasteiger partial charge is 0.245 e. The van der Waals surface area contributed by atoms with Gasteiger partial charge >= 0.3 is 0 Å². The van der Waals surface area contributed by atoms with Gasteiger partial charge in [-0.2, -0.15) is 0 Å². The lowest BCUT2D eigenvalue weighted by Gasteiger charge is -2.03. The summed E-state index contributed by atoms with van der Waals surface area (Å²) in [6, 6.07) is 10.6. The van der Waals surface area contributed by atoms with Gasteiger partial charge in [0, 0.05) is 23.1 Å². The van der Waals surface area contributed by atoms with Gasteiger partial charge in [-0.3, -0.25) is 0 Å². The van der Waals surface area contributed by atoms with Gasteiger partial charge in [0.15, 0.2) is 9.84 Å². The third-order valence-corrected chi connectivity index (χ3v) is 4.87. The van der Waals surface area contributed by atoms with Gasteiger partial charge in [0.1, 0.15) is 5.15 Å². The van der Waals surface area contributed by atoms with Crippen molar-refractivity contribution in [3.8, 4) is 0 Å². The number of nitrogens with zero attached hydrogens (tertiary/aromatic N) is 1. The summed E-state index contributed by atoms with van der Waals surface area (Å²) in [5.41, 5.74) is 1.08. The van der Waals surface area contributed by atoms with Gasteiger partial charge in [-0.25, -0.2) is 13.4 Å². The second-order valence-electron chi connectivity index (χ2n) is 4.02. The molecule has 0 atom stereocenters. The quantitative estimate of drug-likeness (QED) is 0.641. The van der Waals surface area contributed by atoms with Gasteiger partial charge in [0.2, 0.25) is 0 Å². The third kappa shape index (κ3) is 4.23. The molecule has 0 saturated carbocycles. The summed E-state index contributed by atoms with van der Waals surface area (Å²) in [6.07, 6.45) is 2.87. The molecular formula is C13H12ClNO2S2. The number of halogens is 1. The number of hydrogen-bond donors (Lipinski definition) is 0. The molecule has 0 fully saturated rings. The van der Waals surface area contributed by atoms with E-state index in [-0.39, 0.29) is 0 Å². The van der Waals surface area contributed by atoms with Gasteiger partial charge in [-0.05, 0) is 42.0 Å². The average Bonchev–Trinajstić information content (AvgIpc) is 2.36. The number of aromatic nitrogens is 1. The first kappa shape index (κ1) is 14.4. The molecule has 0 aliphatic heterocycles. The first-order valence-electron chi connectivity index (χ1n) is 5.48. The minimum atomic E-state index is -3.13. The maximum Gasteiger partial charge on any atom is 0.175 e. The fourth-order valence-corrected chi connectivity index (χ4v) is 3.15. The monoisotopic (exact) mass is 313 g/mol. The molecule has 6 heteroatoms. The van der Waals surface area contributed by atoms with E-state index in [1.165, 1.54) is 6.26 Å². The Labute approximate surface area is 121 Å². The summed E-state index contributed by atoms with van der Waals surface area (Å²) in [4.78, 5) is 5.27. The minimum absolute atomic E-state index is 0.337. The van der Waals surface area contributed by atoms with E-state index in [1.807, 2.05) is 24.3 Å². The average molecular weight is 314 g/mol. The molecule has 0 radical (unpaired) electrons. The Morgan fingerprint density at radius 1 is 1.21 bits per heavy atom. The van der Waals surface area contributed by atoms with Crippen LogP contribution < -0.4 is 0 Å². The van der Waals surface area contributed by atoms with Crippen LogP contribution in [0.2, 0.25) is 5.15 Å². The van der Waals surface area contributed by atoms with E-state index in [4.69, 9.17) is 11.6 Å². The molecular weight excluding hydrogens is 302 g/mol. The van der Waals surface area contributed by atoms with E-state index >= 15 is 0 Å². The van der Waals surface area contributed by atoms with E-state index in [1.54, 1.807) is 30.1 Å². The maximum absolute atomic E-state index is 11.3. The van der Waals surface area contributed by atoms with Crippen molar-refractivity contribution in [2.45, 2.75) is 15.5 Å². The molecule has 0 aliphatic carbocycles. The SMILES string of the molecule is CS(=O)(=O)c1ccc(SCc2ccnc(Cl)c2)cc1. The van der Waals surface area contributed by atoms with E-state index in [9.17, 15) is 8.42 Å². The summed E-state index contributed by atoms with van der Waals surface area (Å²) in [5.74, 6) is 0.764. The molecule has 19 heavy (non-hydrogen) atoms. The number of thioether (sulfide) groups is 1. The summed E-state index contributed by atoms with van der Waals surface area (Å²) >= 11 is 7.43. The minimum Gasteiger partial charge on any atom is -0.245 e. The molecule has 1 aromatic carbocycles. The van der Waals surface area contributed by atoms with Crippen molar-refractivity contribution < 1.29 is 8.42 Å². The van der Waals surface area contributed by atoms with Crippen molar-refractivity contribution in [3.05, 3.63) is 53.3 Å². The van der Waals surface area contributed by atoms with Crippen LogP contribution in [0.5, 0.6) is 0 Å². The second kappa shape index (κ2) is 5.94. The Bertz CT molecular complexity index is 669. The summed E-state index contributed by atoms with van der Waals surface area (Å²) in [7, 11) is -3.13. The number of sulfone groups is 1. The predicted octanol–water partition coefficient (Wildman–Crippen LogP) is 3.43. The van der Waals surface area contributed by atoms with Gasteiger partial charge in [0.05, 0.1) is 4.90 Å². The predicted molar refractivity (Wildman–Crippen MR) is 78.4 cm³/mol. The molecule has 0 spiro atoms. The van der Waals surface area contributed by atoms with Gasteiger partial charge in [0.25, 0.3) is 0 Å².